The van der Waals surface area contributed by atoms with Gasteiger partial charge in [0, 0.05) is 24.2 Å². The summed E-state index contributed by atoms with van der Waals surface area (Å²) in [6.07, 6.45) is 0. The Morgan fingerprint density at radius 3 is 2.74 bits per heavy atom. The summed E-state index contributed by atoms with van der Waals surface area (Å²) in [6.45, 7) is 4.98. The highest BCUT2D eigenvalue weighted by Crippen LogP contribution is 2.11. The number of benzene rings is 1. The summed E-state index contributed by atoms with van der Waals surface area (Å²) in [6, 6.07) is 5.51. The Bertz CT molecular complexity index is 501. The van der Waals surface area contributed by atoms with Crippen molar-refractivity contribution in [3.05, 3.63) is 34.9 Å². The molecule has 0 saturated carbocycles. The minimum atomic E-state index is -0.0870. The first-order chi connectivity index (χ1) is 9.12. The molecule has 19 heavy (non-hydrogen) atoms. The lowest BCUT2D eigenvalue weighted by atomic mass is 10.1. The number of aliphatic hydroxyl groups excluding tert-OH is 1. The molecular formula is C15H20N2O2. The van der Waals surface area contributed by atoms with Crippen molar-refractivity contribution >= 4 is 5.91 Å². The Morgan fingerprint density at radius 2 is 2.16 bits per heavy atom. The fourth-order valence-corrected chi connectivity index (χ4v) is 1.84. The maximum atomic E-state index is 12.3. The molecule has 1 aromatic rings. The van der Waals surface area contributed by atoms with E-state index in [9.17, 15) is 4.79 Å². The summed E-state index contributed by atoms with van der Waals surface area (Å²) in [4.78, 5) is 13.9. The molecule has 0 aliphatic carbocycles. The van der Waals surface area contributed by atoms with Crippen LogP contribution in [0.25, 0.3) is 0 Å². The van der Waals surface area contributed by atoms with Gasteiger partial charge >= 0.3 is 0 Å². The molecule has 0 radical (unpaired) electrons. The fraction of sp³-hybridized carbons (Fsp3) is 0.400. The third-order valence-corrected chi connectivity index (χ3v) is 2.70. The van der Waals surface area contributed by atoms with Gasteiger partial charge in [0.2, 0.25) is 0 Å². The summed E-state index contributed by atoms with van der Waals surface area (Å²) < 4.78 is 0. The Balaban J connectivity index is 3.05. The number of hydrogen-bond acceptors (Lipinski definition) is 3. The van der Waals surface area contributed by atoms with E-state index in [0.29, 0.717) is 25.2 Å². The van der Waals surface area contributed by atoms with E-state index >= 15 is 0 Å². The fourth-order valence-electron chi connectivity index (χ4n) is 1.84. The lowest BCUT2D eigenvalue weighted by molar-refractivity contribution is 0.0732. The number of hydrogen-bond donors (Lipinski definition) is 2. The van der Waals surface area contributed by atoms with E-state index in [0.717, 1.165) is 11.1 Å². The number of amides is 1. The van der Waals surface area contributed by atoms with Crippen LogP contribution >= 0.6 is 0 Å². The summed E-state index contributed by atoms with van der Waals surface area (Å²) in [5.41, 5.74) is 7.70. The van der Waals surface area contributed by atoms with Gasteiger partial charge in [-0.05, 0) is 37.6 Å². The normalized spacial score (nSPS) is 9.68. The Morgan fingerprint density at radius 1 is 1.42 bits per heavy atom. The smallest absolute Gasteiger partial charge is 0.253 e. The average Bonchev–Trinajstić information content (AvgIpc) is 2.41. The first kappa shape index (κ1) is 15.2. The van der Waals surface area contributed by atoms with Crippen LogP contribution in [0.3, 0.4) is 0 Å². The number of aliphatic hydroxyl groups is 1. The van der Waals surface area contributed by atoms with Crippen LogP contribution < -0.4 is 5.73 Å². The van der Waals surface area contributed by atoms with Crippen LogP contribution in [-0.2, 0) is 0 Å². The molecule has 0 heterocycles. The van der Waals surface area contributed by atoms with Crippen molar-refractivity contribution in [3.63, 3.8) is 0 Å². The van der Waals surface area contributed by atoms with Crippen molar-refractivity contribution in [3.8, 4) is 11.8 Å². The van der Waals surface area contributed by atoms with Gasteiger partial charge in [0.05, 0.1) is 13.2 Å². The van der Waals surface area contributed by atoms with Crippen molar-refractivity contribution < 1.29 is 9.90 Å². The molecule has 0 aliphatic rings. The van der Waals surface area contributed by atoms with Crippen LogP contribution in [0, 0.1) is 18.8 Å². The highest BCUT2D eigenvalue weighted by atomic mass is 16.3. The lowest BCUT2D eigenvalue weighted by Crippen LogP contribution is -2.33. The molecule has 0 atom stereocenters. The Hall–Kier alpha value is -1.83. The standard InChI is InChI=1S/C15H20N2O2/c1-3-17(7-8-18)15(19)14-10-12(2)9-13(11-14)5-4-6-16/h9-11,18H,3,6-8,16H2,1-2H3. The van der Waals surface area contributed by atoms with Gasteiger partial charge in [-0.2, -0.15) is 0 Å². The molecule has 4 nitrogen and oxygen atoms in total. The molecule has 0 bridgehead atoms. The molecule has 0 spiro atoms. The quantitative estimate of drug-likeness (QED) is 0.785. The van der Waals surface area contributed by atoms with E-state index < -0.39 is 0 Å². The highest BCUT2D eigenvalue weighted by Gasteiger charge is 2.14. The maximum Gasteiger partial charge on any atom is 0.253 e. The molecule has 0 fully saturated rings. The van der Waals surface area contributed by atoms with Gasteiger partial charge < -0.3 is 15.7 Å². The Labute approximate surface area is 114 Å². The van der Waals surface area contributed by atoms with E-state index in [1.54, 1.807) is 11.0 Å². The molecule has 0 saturated heterocycles. The first-order valence-electron chi connectivity index (χ1n) is 6.33. The van der Waals surface area contributed by atoms with Crippen LogP contribution in [0.5, 0.6) is 0 Å². The van der Waals surface area contributed by atoms with Crippen LogP contribution in [0.2, 0.25) is 0 Å². The molecular weight excluding hydrogens is 240 g/mol. The van der Waals surface area contributed by atoms with Crippen molar-refractivity contribution in [1.82, 2.24) is 4.90 Å². The molecule has 1 amide bonds. The van der Waals surface area contributed by atoms with Gasteiger partial charge in [-0.3, -0.25) is 4.79 Å². The summed E-state index contributed by atoms with van der Waals surface area (Å²) in [7, 11) is 0. The second kappa shape index (κ2) is 7.57. The molecule has 0 unspecified atom stereocenters. The number of nitrogens with two attached hydrogens (primary N) is 1. The zero-order valence-corrected chi connectivity index (χ0v) is 11.4. The van der Waals surface area contributed by atoms with E-state index in [4.69, 9.17) is 10.8 Å². The van der Waals surface area contributed by atoms with Gasteiger partial charge in [-0.25, -0.2) is 0 Å². The number of rotatable bonds is 4. The summed E-state index contributed by atoms with van der Waals surface area (Å²) in [5.74, 6) is 5.63. The van der Waals surface area contributed by atoms with Crippen molar-refractivity contribution in [2.24, 2.45) is 5.73 Å². The molecule has 3 N–H and O–H groups in total. The predicted molar refractivity (Wildman–Crippen MR) is 75.8 cm³/mol. The third-order valence-electron chi connectivity index (χ3n) is 2.70. The first-order valence-corrected chi connectivity index (χ1v) is 6.33. The molecule has 1 rings (SSSR count). The van der Waals surface area contributed by atoms with E-state index in [1.165, 1.54) is 0 Å². The second-order valence-electron chi connectivity index (χ2n) is 4.20. The molecule has 1 aromatic carbocycles. The number of likely N-dealkylation sites (N-methyl/N-ethyl adjacent to an activating group) is 1. The van der Waals surface area contributed by atoms with Crippen molar-refractivity contribution in [2.75, 3.05) is 26.2 Å². The number of aryl methyl sites for hydroxylation is 1. The zero-order valence-electron chi connectivity index (χ0n) is 11.4. The van der Waals surface area contributed by atoms with Crippen LogP contribution in [-0.4, -0.2) is 42.2 Å². The van der Waals surface area contributed by atoms with Crippen LogP contribution in [0.4, 0.5) is 0 Å². The molecule has 0 aliphatic heterocycles. The second-order valence-corrected chi connectivity index (χ2v) is 4.20. The number of carbonyl (C=O) groups excluding carboxylic acids is 1. The van der Waals surface area contributed by atoms with Crippen LogP contribution in [0.15, 0.2) is 18.2 Å². The monoisotopic (exact) mass is 260 g/mol. The minimum Gasteiger partial charge on any atom is -0.395 e. The Kier molecular flexibility index (Phi) is 6.07. The molecule has 102 valence electrons. The van der Waals surface area contributed by atoms with Gasteiger partial charge in [-0.1, -0.05) is 11.8 Å². The van der Waals surface area contributed by atoms with Gasteiger partial charge in [-0.15, -0.1) is 0 Å². The minimum absolute atomic E-state index is 0.0365. The molecule has 0 aromatic heterocycles. The number of nitrogens with zero attached hydrogens (tertiary/aromatic N) is 1. The predicted octanol–water partition coefficient (Wildman–Crippen LogP) is 0.760. The summed E-state index contributed by atoms with van der Waals surface area (Å²) >= 11 is 0. The van der Waals surface area contributed by atoms with Gasteiger partial charge in [0.25, 0.3) is 5.91 Å². The lowest BCUT2D eigenvalue weighted by Gasteiger charge is -2.20. The van der Waals surface area contributed by atoms with E-state index in [1.807, 2.05) is 26.0 Å². The average molecular weight is 260 g/mol. The van der Waals surface area contributed by atoms with Gasteiger partial charge in [0.1, 0.15) is 0 Å². The topological polar surface area (TPSA) is 66.6 Å². The SMILES string of the molecule is CCN(CCO)C(=O)c1cc(C)cc(C#CCN)c1. The van der Waals surface area contributed by atoms with Crippen LogP contribution in [0.1, 0.15) is 28.4 Å². The largest absolute Gasteiger partial charge is 0.395 e. The third kappa shape index (κ3) is 4.40. The summed E-state index contributed by atoms with van der Waals surface area (Å²) in [5, 5.41) is 8.96. The van der Waals surface area contributed by atoms with E-state index in [2.05, 4.69) is 11.8 Å². The number of carbonyl (C=O) groups is 1. The van der Waals surface area contributed by atoms with Gasteiger partial charge in [0.15, 0.2) is 0 Å². The van der Waals surface area contributed by atoms with Crippen molar-refractivity contribution in [2.45, 2.75) is 13.8 Å². The van der Waals surface area contributed by atoms with Crippen molar-refractivity contribution in [1.29, 1.82) is 0 Å². The molecule has 4 heteroatoms. The van der Waals surface area contributed by atoms with E-state index in [-0.39, 0.29) is 12.5 Å². The maximum absolute atomic E-state index is 12.3. The highest BCUT2D eigenvalue weighted by molar-refractivity contribution is 5.94. The zero-order chi connectivity index (χ0) is 14.3.